The van der Waals surface area contributed by atoms with E-state index in [-0.39, 0.29) is 12.0 Å². The van der Waals surface area contributed by atoms with Crippen LogP contribution in [0.15, 0.2) is 30.5 Å². The van der Waals surface area contributed by atoms with Gasteiger partial charge in [0, 0.05) is 17.8 Å². The summed E-state index contributed by atoms with van der Waals surface area (Å²) in [7, 11) is 1.56. The zero-order chi connectivity index (χ0) is 24.7. The lowest BCUT2D eigenvalue weighted by Crippen LogP contribution is -2.37. The Morgan fingerprint density at radius 3 is 2.66 bits per heavy atom. The van der Waals surface area contributed by atoms with Crippen LogP contribution >= 0.6 is 0 Å². The van der Waals surface area contributed by atoms with Crippen molar-refractivity contribution in [3.05, 3.63) is 30.5 Å². The average molecular weight is 486 g/mol. The minimum atomic E-state index is -2.52. The van der Waals surface area contributed by atoms with Gasteiger partial charge in [-0.25, -0.2) is 18.0 Å². The number of rotatable bonds is 7. The van der Waals surface area contributed by atoms with Crippen molar-refractivity contribution in [2.24, 2.45) is 5.92 Å². The van der Waals surface area contributed by atoms with Crippen LogP contribution in [-0.4, -0.2) is 59.9 Å². The Morgan fingerprint density at radius 2 is 1.97 bits per heavy atom. The van der Waals surface area contributed by atoms with Crippen LogP contribution in [0.2, 0.25) is 0 Å². The third kappa shape index (κ3) is 4.64. The molecule has 3 heterocycles. The van der Waals surface area contributed by atoms with Crippen LogP contribution in [0.5, 0.6) is 5.88 Å². The Kier molecular flexibility index (Phi) is 6.04. The third-order valence-electron chi connectivity index (χ3n) is 6.87. The number of methoxy groups -OCH3 is 1. The van der Waals surface area contributed by atoms with Gasteiger partial charge in [0.15, 0.2) is 0 Å². The Morgan fingerprint density at radius 1 is 1.20 bits per heavy atom. The topological polar surface area (TPSA) is 102 Å². The molecule has 1 saturated carbocycles. The van der Waals surface area contributed by atoms with Crippen LogP contribution in [-0.2, 0) is 6.54 Å². The van der Waals surface area contributed by atoms with E-state index in [1.165, 1.54) is 4.68 Å². The highest BCUT2D eigenvalue weighted by Crippen LogP contribution is 2.35. The minimum absolute atomic E-state index is 0.218. The summed E-state index contributed by atoms with van der Waals surface area (Å²) in [5.74, 6) is 1.17. The van der Waals surface area contributed by atoms with Crippen molar-refractivity contribution in [1.29, 1.82) is 0 Å². The highest BCUT2D eigenvalue weighted by Gasteiger charge is 2.31. The molecule has 4 aromatic rings. The maximum atomic E-state index is 12.9. The lowest BCUT2D eigenvalue weighted by molar-refractivity contribution is -0.000421. The number of aromatic nitrogens is 6. The zero-order valence-corrected chi connectivity index (χ0v) is 19.9. The van der Waals surface area contributed by atoms with E-state index >= 15 is 0 Å². The van der Waals surface area contributed by atoms with Crippen molar-refractivity contribution in [2.75, 3.05) is 12.4 Å². The van der Waals surface area contributed by atoms with Crippen molar-refractivity contribution in [1.82, 2.24) is 29.6 Å². The number of ether oxygens (including phenoxy) is 1. The van der Waals surface area contributed by atoms with Gasteiger partial charge < -0.3 is 15.2 Å². The molecule has 2 N–H and O–H groups in total. The maximum Gasteiger partial charge on any atom is 0.258 e. The van der Waals surface area contributed by atoms with Gasteiger partial charge in [-0.15, -0.1) is 10.2 Å². The maximum absolute atomic E-state index is 12.9. The van der Waals surface area contributed by atoms with Gasteiger partial charge in [-0.1, -0.05) is 11.3 Å². The van der Waals surface area contributed by atoms with Crippen molar-refractivity contribution in [3.63, 3.8) is 0 Å². The number of alkyl halides is 2. The minimum Gasteiger partial charge on any atom is -0.479 e. The Labute approximate surface area is 201 Å². The molecule has 1 aliphatic carbocycles. The molecular formula is C24H29F2N7O2. The van der Waals surface area contributed by atoms with Gasteiger partial charge in [0.2, 0.25) is 11.8 Å². The van der Waals surface area contributed by atoms with Crippen molar-refractivity contribution in [3.8, 4) is 17.0 Å². The molecule has 1 aromatic carbocycles. The molecule has 1 fully saturated rings. The number of halogens is 2. The van der Waals surface area contributed by atoms with E-state index in [4.69, 9.17) is 4.74 Å². The fourth-order valence-corrected chi connectivity index (χ4v) is 4.95. The second-order valence-electron chi connectivity index (χ2n) is 9.68. The lowest BCUT2D eigenvalue weighted by atomic mass is 9.77. The van der Waals surface area contributed by atoms with Gasteiger partial charge in [0.25, 0.3) is 6.43 Å². The van der Waals surface area contributed by atoms with E-state index in [0.717, 1.165) is 36.8 Å². The monoisotopic (exact) mass is 485 g/mol. The van der Waals surface area contributed by atoms with E-state index in [0.29, 0.717) is 28.4 Å². The van der Waals surface area contributed by atoms with Crippen molar-refractivity contribution < 1.29 is 18.6 Å². The van der Waals surface area contributed by atoms with Gasteiger partial charge in [-0.2, -0.15) is 4.98 Å². The van der Waals surface area contributed by atoms with Crippen LogP contribution in [0.4, 0.5) is 14.7 Å². The molecule has 11 heteroatoms. The second kappa shape index (κ2) is 9.03. The molecule has 9 nitrogen and oxygen atoms in total. The first-order valence-electron chi connectivity index (χ1n) is 11.8. The molecular weight excluding hydrogens is 456 g/mol. The fraction of sp³-hybridized carbons (Fsp3) is 0.500. The van der Waals surface area contributed by atoms with Gasteiger partial charge in [0.1, 0.15) is 17.6 Å². The molecule has 35 heavy (non-hydrogen) atoms. The predicted molar refractivity (Wildman–Crippen MR) is 128 cm³/mol. The average Bonchev–Trinajstić information content (AvgIpc) is 3.42. The van der Waals surface area contributed by atoms with E-state index in [1.54, 1.807) is 23.8 Å². The Hall–Kier alpha value is -3.34. The van der Waals surface area contributed by atoms with E-state index in [2.05, 4.69) is 25.7 Å². The Balaban J connectivity index is 1.43. The smallest absolute Gasteiger partial charge is 0.258 e. The molecule has 0 aliphatic heterocycles. The number of hydrogen-bond acceptors (Lipinski definition) is 7. The summed E-state index contributed by atoms with van der Waals surface area (Å²) in [5, 5.41) is 26.2. The summed E-state index contributed by atoms with van der Waals surface area (Å²) >= 11 is 0. The quantitative estimate of drug-likeness (QED) is 0.405. The van der Waals surface area contributed by atoms with E-state index in [9.17, 15) is 13.9 Å². The van der Waals surface area contributed by atoms with Gasteiger partial charge >= 0.3 is 0 Å². The standard InChI is InChI=1S/C24H29F2N7O2/c1-24(2,34)15-5-7-16(8-6-15)27-23-28-22(35-3)21-17(10-11-32(21)30-23)14-4-9-18-19(12-14)33(31-29-18)13-20(25)26/h4,9-12,15-16,20,34H,5-8,13H2,1-3H3,(H,27,30). The summed E-state index contributed by atoms with van der Waals surface area (Å²) in [6, 6.07) is 7.53. The molecule has 186 valence electrons. The summed E-state index contributed by atoms with van der Waals surface area (Å²) in [6.07, 6.45) is 3.03. The highest BCUT2D eigenvalue weighted by molar-refractivity contribution is 5.89. The number of nitrogens with one attached hydrogen (secondary N) is 1. The first kappa shape index (κ1) is 23.4. The van der Waals surface area contributed by atoms with Gasteiger partial charge in [-0.05, 0) is 69.2 Å². The van der Waals surface area contributed by atoms with Crippen molar-refractivity contribution >= 4 is 22.5 Å². The van der Waals surface area contributed by atoms with Gasteiger partial charge in [0.05, 0.1) is 18.2 Å². The number of hydrogen-bond donors (Lipinski definition) is 2. The van der Waals surface area contributed by atoms with Crippen LogP contribution in [0, 0.1) is 5.92 Å². The summed E-state index contributed by atoms with van der Waals surface area (Å²) in [5.41, 5.74) is 2.70. The highest BCUT2D eigenvalue weighted by atomic mass is 19.3. The first-order chi connectivity index (χ1) is 16.7. The van der Waals surface area contributed by atoms with E-state index in [1.807, 2.05) is 32.2 Å². The molecule has 3 aromatic heterocycles. The third-order valence-corrected chi connectivity index (χ3v) is 6.87. The molecule has 0 spiro atoms. The second-order valence-corrected chi connectivity index (χ2v) is 9.68. The zero-order valence-electron chi connectivity index (χ0n) is 19.9. The normalized spacial score (nSPS) is 19.1. The van der Waals surface area contributed by atoms with Crippen LogP contribution in [0.1, 0.15) is 39.5 Å². The molecule has 0 bridgehead atoms. The van der Waals surface area contributed by atoms with E-state index < -0.39 is 18.6 Å². The van der Waals surface area contributed by atoms with Gasteiger partial charge in [-0.3, -0.25) is 0 Å². The number of nitrogens with zero attached hydrogens (tertiary/aromatic N) is 6. The van der Waals surface area contributed by atoms with Crippen LogP contribution < -0.4 is 10.1 Å². The molecule has 0 unspecified atom stereocenters. The number of aliphatic hydroxyl groups is 1. The predicted octanol–water partition coefficient (Wildman–Crippen LogP) is 4.16. The molecule has 5 rings (SSSR count). The molecule has 0 saturated heterocycles. The number of benzene rings is 1. The SMILES string of the molecule is COc1nc(NC2CCC(C(C)(C)O)CC2)nn2ccc(-c3ccc4nnn(CC(F)F)c4c3)c12. The molecule has 0 radical (unpaired) electrons. The fourth-order valence-electron chi connectivity index (χ4n) is 4.95. The molecule has 0 atom stereocenters. The number of fused-ring (bicyclic) bond motifs is 2. The van der Waals surface area contributed by atoms with Crippen LogP contribution in [0.25, 0.3) is 27.7 Å². The van der Waals surface area contributed by atoms with Crippen LogP contribution in [0.3, 0.4) is 0 Å². The number of anilines is 1. The molecule has 0 amide bonds. The Bertz CT molecular complexity index is 1340. The first-order valence-corrected chi connectivity index (χ1v) is 11.8. The lowest BCUT2D eigenvalue weighted by Gasteiger charge is -2.36. The summed E-state index contributed by atoms with van der Waals surface area (Å²) in [6.45, 7) is 3.23. The largest absolute Gasteiger partial charge is 0.479 e. The summed E-state index contributed by atoms with van der Waals surface area (Å²) in [4.78, 5) is 4.61. The van der Waals surface area contributed by atoms with Crippen molar-refractivity contribution in [2.45, 2.75) is 64.1 Å². The molecule has 1 aliphatic rings. The summed E-state index contributed by atoms with van der Waals surface area (Å²) < 4.78 is 34.4.